The van der Waals surface area contributed by atoms with Gasteiger partial charge in [-0.2, -0.15) is 0 Å². The van der Waals surface area contributed by atoms with Crippen LogP contribution < -0.4 is 4.74 Å². The Balaban J connectivity index is 2.52. The van der Waals surface area contributed by atoms with Gasteiger partial charge in [-0.05, 0) is 6.07 Å². The number of nitrogens with zero attached hydrogens (tertiary/aromatic N) is 2. The van der Waals surface area contributed by atoms with Crippen molar-refractivity contribution in [3.63, 3.8) is 0 Å². The zero-order valence-electron chi connectivity index (χ0n) is 8.60. The lowest BCUT2D eigenvalue weighted by Crippen LogP contribution is -2.08. The smallest absolute Gasteiger partial charge is 0.358 e. The molecule has 0 N–H and O–H groups in total. The third-order valence-electron chi connectivity index (χ3n) is 1.57. The van der Waals surface area contributed by atoms with Gasteiger partial charge in [0.25, 0.3) is 0 Å². The van der Waals surface area contributed by atoms with Crippen molar-refractivity contribution in [2.75, 3.05) is 27.4 Å². The van der Waals surface area contributed by atoms with E-state index in [2.05, 4.69) is 14.9 Å². The van der Waals surface area contributed by atoms with Gasteiger partial charge in [-0.25, -0.2) is 4.79 Å². The number of methoxy groups -OCH3 is 2. The Bertz CT molecular complexity index is 312. The predicted octanol–water partition coefficient (Wildman–Crippen LogP) is 0.288. The topological polar surface area (TPSA) is 70.5 Å². The van der Waals surface area contributed by atoms with Crippen molar-refractivity contribution in [3.8, 4) is 5.88 Å². The summed E-state index contributed by atoms with van der Waals surface area (Å²) >= 11 is 0. The molecule has 0 unspecified atom stereocenters. The minimum absolute atomic E-state index is 0.150. The Kier molecular flexibility index (Phi) is 4.49. The van der Waals surface area contributed by atoms with Crippen LogP contribution in [0.2, 0.25) is 0 Å². The third kappa shape index (κ3) is 3.51. The van der Waals surface area contributed by atoms with Crippen molar-refractivity contribution in [2.45, 2.75) is 0 Å². The average molecular weight is 212 g/mol. The predicted molar refractivity (Wildman–Crippen MR) is 50.7 cm³/mol. The molecule has 6 heteroatoms. The molecule has 6 nitrogen and oxygen atoms in total. The first kappa shape index (κ1) is 11.4. The molecule has 0 bridgehead atoms. The monoisotopic (exact) mass is 212 g/mol. The Morgan fingerprint density at radius 3 is 2.60 bits per heavy atom. The van der Waals surface area contributed by atoms with E-state index in [0.29, 0.717) is 19.1 Å². The molecule has 0 amide bonds. The van der Waals surface area contributed by atoms with E-state index in [1.54, 1.807) is 13.2 Å². The van der Waals surface area contributed by atoms with Crippen molar-refractivity contribution in [1.29, 1.82) is 0 Å². The number of carbonyl (C=O) groups excluding carboxylic acids is 1. The van der Waals surface area contributed by atoms with Gasteiger partial charge in [-0.3, -0.25) is 0 Å². The van der Waals surface area contributed by atoms with Gasteiger partial charge in [-0.15, -0.1) is 10.2 Å². The number of hydrogen-bond donors (Lipinski definition) is 0. The maximum atomic E-state index is 11.0. The quantitative estimate of drug-likeness (QED) is 0.516. The molecule has 0 atom stereocenters. The first-order valence-electron chi connectivity index (χ1n) is 4.31. The number of hydrogen-bond acceptors (Lipinski definition) is 6. The van der Waals surface area contributed by atoms with Gasteiger partial charge < -0.3 is 14.2 Å². The van der Waals surface area contributed by atoms with Crippen molar-refractivity contribution in [1.82, 2.24) is 10.2 Å². The fraction of sp³-hybridized carbons (Fsp3) is 0.444. The molecule has 0 aliphatic carbocycles. The van der Waals surface area contributed by atoms with Crippen molar-refractivity contribution in [2.24, 2.45) is 0 Å². The Morgan fingerprint density at radius 2 is 2.07 bits per heavy atom. The van der Waals surface area contributed by atoms with E-state index >= 15 is 0 Å². The van der Waals surface area contributed by atoms with Gasteiger partial charge in [-0.1, -0.05) is 0 Å². The first-order chi connectivity index (χ1) is 7.27. The lowest BCUT2D eigenvalue weighted by Gasteiger charge is -2.03. The number of carbonyl (C=O) groups is 1. The van der Waals surface area contributed by atoms with Crippen molar-refractivity contribution in [3.05, 3.63) is 17.8 Å². The van der Waals surface area contributed by atoms with E-state index in [9.17, 15) is 4.79 Å². The molecule has 0 radical (unpaired) electrons. The molecule has 0 fully saturated rings. The summed E-state index contributed by atoms with van der Waals surface area (Å²) < 4.78 is 14.4. The van der Waals surface area contributed by atoms with Crippen molar-refractivity contribution >= 4 is 5.97 Å². The summed E-state index contributed by atoms with van der Waals surface area (Å²) in [7, 11) is 2.86. The fourth-order valence-corrected chi connectivity index (χ4v) is 0.840. The summed E-state index contributed by atoms with van der Waals surface area (Å²) in [5.41, 5.74) is 0.150. The second kappa shape index (κ2) is 5.92. The minimum Gasteiger partial charge on any atom is -0.474 e. The molecule has 1 aromatic rings. The molecule has 0 saturated heterocycles. The van der Waals surface area contributed by atoms with Crippen LogP contribution in [0.4, 0.5) is 0 Å². The number of aromatic nitrogens is 2. The lowest BCUT2D eigenvalue weighted by atomic mass is 10.4. The van der Waals surface area contributed by atoms with Crippen LogP contribution >= 0.6 is 0 Å². The van der Waals surface area contributed by atoms with Gasteiger partial charge in [0, 0.05) is 13.2 Å². The summed E-state index contributed by atoms with van der Waals surface area (Å²) in [5.74, 6) is -0.175. The van der Waals surface area contributed by atoms with Crippen LogP contribution in [0.25, 0.3) is 0 Å². The second-order valence-electron chi connectivity index (χ2n) is 2.59. The molecular weight excluding hydrogens is 200 g/mol. The molecule has 0 aliphatic heterocycles. The highest BCUT2D eigenvalue weighted by Crippen LogP contribution is 2.05. The Hall–Kier alpha value is -1.69. The van der Waals surface area contributed by atoms with E-state index in [-0.39, 0.29) is 5.69 Å². The largest absolute Gasteiger partial charge is 0.474 e. The van der Waals surface area contributed by atoms with Gasteiger partial charge in [0.2, 0.25) is 5.88 Å². The highest BCUT2D eigenvalue weighted by atomic mass is 16.5. The summed E-state index contributed by atoms with van der Waals surface area (Å²) in [6, 6.07) is 3.04. The molecule has 0 saturated carbocycles. The second-order valence-corrected chi connectivity index (χ2v) is 2.59. The zero-order valence-corrected chi connectivity index (χ0v) is 8.60. The van der Waals surface area contributed by atoms with E-state index in [0.717, 1.165) is 0 Å². The van der Waals surface area contributed by atoms with Crippen LogP contribution in [0.1, 0.15) is 10.5 Å². The molecule has 0 aromatic carbocycles. The number of rotatable bonds is 5. The normalized spacial score (nSPS) is 9.73. The third-order valence-corrected chi connectivity index (χ3v) is 1.57. The lowest BCUT2D eigenvalue weighted by molar-refractivity contribution is 0.0592. The van der Waals surface area contributed by atoms with Gasteiger partial charge in [0.05, 0.1) is 13.7 Å². The average Bonchev–Trinajstić information content (AvgIpc) is 2.29. The molecule has 0 aliphatic rings. The molecule has 15 heavy (non-hydrogen) atoms. The van der Waals surface area contributed by atoms with Crippen LogP contribution in [0, 0.1) is 0 Å². The van der Waals surface area contributed by atoms with Crippen LogP contribution in [-0.4, -0.2) is 43.6 Å². The van der Waals surface area contributed by atoms with E-state index in [1.165, 1.54) is 13.2 Å². The summed E-state index contributed by atoms with van der Waals surface area (Å²) in [6.07, 6.45) is 0. The standard InChI is InChI=1S/C9H12N2O4/c1-13-5-6-15-8-4-3-7(10-11-8)9(12)14-2/h3-4H,5-6H2,1-2H3. The highest BCUT2D eigenvalue weighted by molar-refractivity contribution is 5.86. The van der Waals surface area contributed by atoms with E-state index in [4.69, 9.17) is 9.47 Å². The molecular formula is C9H12N2O4. The SMILES string of the molecule is COCCOc1ccc(C(=O)OC)nn1. The van der Waals surface area contributed by atoms with E-state index in [1.807, 2.05) is 0 Å². The summed E-state index contributed by atoms with van der Waals surface area (Å²) in [6.45, 7) is 0.864. The maximum Gasteiger partial charge on any atom is 0.358 e. The molecule has 82 valence electrons. The molecule has 1 aromatic heterocycles. The van der Waals surface area contributed by atoms with E-state index < -0.39 is 5.97 Å². The maximum absolute atomic E-state index is 11.0. The van der Waals surface area contributed by atoms with Crippen molar-refractivity contribution < 1.29 is 19.0 Å². The van der Waals surface area contributed by atoms with Crippen LogP contribution in [0.3, 0.4) is 0 Å². The summed E-state index contributed by atoms with van der Waals surface area (Å²) in [5, 5.41) is 7.33. The van der Waals surface area contributed by atoms with Gasteiger partial charge in [0.1, 0.15) is 6.61 Å². The van der Waals surface area contributed by atoms with Gasteiger partial charge in [0.15, 0.2) is 5.69 Å². The number of esters is 1. The highest BCUT2D eigenvalue weighted by Gasteiger charge is 2.07. The van der Waals surface area contributed by atoms with Crippen LogP contribution in [-0.2, 0) is 9.47 Å². The Labute approximate surface area is 87.2 Å². The van der Waals surface area contributed by atoms with Crippen LogP contribution in [0.15, 0.2) is 12.1 Å². The van der Waals surface area contributed by atoms with Crippen LogP contribution in [0.5, 0.6) is 5.88 Å². The zero-order chi connectivity index (χ0) is 11.1. The first-order valence-corrected chi connectivity index (χ1v) is 4.31. The Morgan fingerprint density at radius 1 is 1.27 bits per heavy atom. The molecule has 1 rings (SSSR count). The fourth-order valence-electron chi connectivity index (χ4n) is 0.840. The minimum atomic E-state index is -0.522. The molecule has 0 spiro atoms. The molecule has 1 heterocycles. The number of ether oxygens (including phenoxy) is 3. The van der Waals surface area contributed by atoms with Gasteiger partial charge >= 0.3 is 5.97 Å². The summed E-state index contributed by atoms with van der Waals surface area (Å²) in [4.78, 5) is 11.0.